The van der Waals surface area contributed by atoms with Gasteiger partial charge in [-0.15, -0.1) is 0 Å². The lowest BCUT2D eigenvalue weighted by Crippen LogP contribution is -2.47. The summed E-state index contributed by atoms with van der Waals surface area (Å²) in [5.74, 6) is -0.321. The minimum absolute atomic E-state index is 0.0721. The third-order valence-electron chi connectivity index (χ3n) is 7.44. The monoisotopic (exact) mass is 566 g/mol. The normalized spacial score (nSPS) is 15.0. The van der Waals surface area contributed by atoms with Gasteiger partial charge in [0, 0.05) is 44.6 Å². The molecule has 0 bridgehead atoms. The Morgan fingerprint density at radius 2 is 1.81 bits per heavy atom. The van der Waals surface area contributed by atoms with Gasteiger partial charge in [0.2, 0.25) is 5.91 Å². The number of imidazole rings is 1. The third-order valence-corrected chi connectivity index (χ3v) is 7.44. The first-order chi connectivity index (χ1) is 20.4. The van der Waals surface area contributed by atoms with Crippen LogP contribution in [0.5, 0.6) is 0 Å². The zero-order valence-electron chi connectivity index (χ0n) is 23.0. The molecule has 6 rings (SSSR count). The molecule has 11 nitrogen and oxygen atoms in total. The maximum absolute atomic E-state index is 12.9. The van der Waals surface area contributed by atoms with Crippen LogP contribution in [0.15, 0.2) is 77.5 Å². The van der Waals surface area contributed by atoms with Crippen LogP contribution in [-0.4, -0.2) is 64.1 Å². The first-order valence-electron chi connectivity index (χ1n) is 13.8. The molecule has 1 saturated carbocycles. The van der Waals surface area contributed by atoms with Gasteiger partial charge in [-0.1, -0.05) is 30.4 Å². The first-order valence-corrected chi connectivity index (χ1v) is 13.8. The molecular formula is C31H30N6O5. The fraction of sp³-hybridized carbons (Fsp3) is 0.258. The van der Waals surface area contributed by atoms with Crippen LogP contribution in [-0.2, 0) is 11.3 Å². The van der Waals surface area contributed by atoms with Crippen molar-refractivity contribution in [1.82, 2.24) is 30.2 Å². The van der Waals surface area contributed by atoms with Crippen molar-refractivity contribution in [2.75, 3.05) is 20.1 Å². The van der Waals surface area contributed by atoms with Crippen molar-refractivity contribution in [1.29, 1.82) is 0 Å². The van der Waals surface area contributed by atoms with E-state index >= 15 is 0 Å². The molecule has 1 fully saturated rings. The summed E-state index contributed by atoms with van der Waals surface area (Å²) in [6.45, 7) is 1.42. The summed E-state index contributed by atoms with van der Waals surface area (Å²) in [5.41, 5.74) is 2.90. The van der Waals surface area contributed by atoms with Crippen LogP contribution in [0.1, 0.15) is 49.8 Å². The summed E-state index contributed by atoms with van der Waals surface area (Å²) < 4.78 is 7.49. The number of rotatable bonds is 9. The second kappa shape index (κ2) is 11.4. The number of pyridine rings is 1. The Kier molecular flexibility index (Phi) is 7.30. The van der Waals surface area contributed by atoms with E-state index in [1.165, 1.54) is 0 Å². The Labute approximate surface area is 241 Å². The molecule has 1 aromatic carbocycles. The van der Waals surface area contributed by atoms with Crippen molar-refractivity contribution in [2.45, 2.75) is 25.4 Å². The Morgan fingerprint density at radius 3 is 2.57 bits per heavy atom. The fourth-order valence-electron chi connectivity index (χ4n) is 4.97. The van der Waals surface area contributed by atoms with Gasteiger partial charge in [0.25, 0.3) is 17.7 Å². The smallest absolute Gasteiger partial charge is 0.287 e. The predicted octanol–water partition coefficient (Wildman–Crippen LogP) is 2.79. The van der Waals surface area contributed by atoms with Crippen LogP contribution in [0, 0.1) is 5.92 Å². The van der Waals surface area contributed by atoms with Gasteiger partial charge in [-0.25, -0.2) is 4.98 Å². The molecule has 2 aliphatic rings. The van der Waals surface area contributed by atoms with E-state index in [1.807, 2.05) is 36.4 Å². The van der Waals surface area contributed by atoms with Crippen molar-refractivity contribution in [3.05, 3.63) is 95.7 Å². The molecule has 1 aliphatic heterocycles. The number of fused-ring (bicyclic) bond motifs is 1. The number of nitrogens with zero attached hydrogens (tertiary/aromatic N) is 3. The van der Waals surface area contributed by atoms with Gasteiger partial charge in [0.1, 0.15) is 23.1 Å². The molecule has 0 unspecified atom stereocenters. The largest absolute Gasteiger partial charge is 0.451 e. The quantitative estimate of drug-likeness (QED) is 0.267. The van der Waals surface area contributed by atoms with Crippen LogP contribution in [0.2, 0.25) is 0 Å². The van der Waals surface area contributed by atoms with E-state index in [0.717, 1.165) is 24.0 Å². The van der Waals surface area contributed by atoms with E-state index < -0.39 is 11.9 Å². The topological polar surface area (TPSA) is 138 Å². The van der Waals surface area contributed by atoms with Gasteiger partial charge in [-0.2, -0.15) is 0 Å². The Bertz CT molecular complexity index is 1710. The van der Waals surface area contributed by atoms with Crippen LogP contribution in [0.25, 0.3) is 17.0 Å². The lowest BCUT2D eigenvalue weighted by atomic mass is 10.1. The van der Waals surface area contributed by atoms with Gasteiger partial charge in [0.15, 0.2) is 5.76 Å². The maximum Gasteiger partial charge on any atom is 0.287 e. The molecular weight excluding hydrogens is 536 g/mol. The number of nitrogens with one attached hydrogen (secondary N) is 3. The minimum atomic E-state index is -0.576. The van der Waals surface area contributed by atoms with Crippen molar-refractivity contribution < 1.29 is 23.6 Å². The van der Waals surface area contributed by atoms with E-state index in [-0.39, 0.29) is 41.6 Å². The number of amides is 4. The van der Waals surface area contributed by atoms with Gasteiger partial charge in [0.05, 0.1) is 5.56 Å². The lowest BCUT2D eigenvalue weighted by molar-refractivity contribution is -0.122. The zero-order valence-corrected chi connectivity index (χ0v) is 23.0. The maximum atomic E-state index is 12.9. The first kappa shape index (κ1) is 27.0. The number of benzene rings is 1. The van der Waals surface area contributed by atoms with Crippen LogP contribution < -0.4 is 16.0 Å². The third kappa shape index (κ3) is 5.67. The van der Waals surface area contributed by atoms with Crippen LogP contribution in [0.4, 0.5) is 0 Å². The predicted molar refractivity (Wildman–Crippen MR) is 154 cm³/mol. The van der Waals surface area contributed by atoms with Gasteiger partial charge in [-0.05, 0) is 54.7 Å². The number of furan rings is 1. The summed E-state index contributed by atoms with van der Waals surface area (Å²) in [5, 5.41) is 8.26. The molecule has 0 radical (unpaired) electrons. The molecule has 1 aliphatic carbocycles. The SMILES string of the molecule is CNC(=O)[C@@H](NC(=O)c1ccc(-c2cccc(CNC(=O)c3cn4cc(C(=O)N5CC=CC5)ccc4n3)c2)o1)C1CC1. The highest BCUT2D eigenvalue weighted by molar-refractivity contribution is 5.97. The highest BCUT2D eigenvalue weighted by Crippen LogP contribution is 2.33. The lowest BCUT2D eigenvalue weighted by Gasteiger charge is -2.15. The Morgan fingerprint density at radius 1 is 1.00 bits per heavy atom. The van der Waals surface area contributed by atoms with Crippen molar-refractivity contribution in [2.24, 2.45) is 5.92 Å². The van der Waals surface area contributed by atoms with Crippen molar-refractivity contribution in [3.63, 3.8) is 0 Å². The molecule has 214 valence electrons. The summed E-state index contributed by atoms with van der Waals surface area (Å²) in [4.78, 5) is 56.6. The van der Waals surface area contributed by atoms with Crippen molar-refractivity contribution >= 4 is 29.3 Å². The fourth-order valence-corrected chi connectivity index (χ4v) is 4.97. The molecule has 3 aromatic heterocycles. The number of carbonyl (C=O) groups is 4. The van der Waals surface area contributed by atoms with E-state index in [9.17, 15) is 19.2 Å². The number of hydrogen-bond donors (Lipinski definition) is 3. The van der Waals surface area contributed by atoms with Gasteiger partial charge >= 0.3 is 0 Å². The Hall–Kier alpha value is -5.19. The van der Waals surface area contributed by atoms with E-state index in [2.05, 4.69) is 20.9 Å². The average Bonchev–Trinajstić information content (AvgIpc) is 3.39. The molecule has 1 atom stereocenters. The van der Waals surface area contributed by atoms with E-state index in [4.69, 9.17) is 4.42 Å². The van der Waals surface area contributed by atoms with Gasteiger partial charge in [-0.3, -0.25) is 19.2 Å². The number of hydrogen-bond acceptors (Lipinski definition) is 6. The number of aromatic nitrogens is 2. The van der Waals surface area contributed by atoms with Crippen LogP contribution >= 0.6 is 0 Å². The minimum Gasteiger partial charge on any atom is -0.451 e. The van der Waals surface area contributed by atoms with Crippen molar-refractivity contribution in [3.8, 4) is 11.3 Å². The summed E-state index contributed by atoms with van der Waals surface area (Å²) in [6.07, 6.45) is 9.01. The molecule has 3 N–H and O–H groups in total. The highest BCUT2D eigenvalue weighted by atomic mass is 16.4. The molecule has 0 saturated heterocycles. The zero-order chi connectivity index (χ0) is 29.2. The second-order valence-electron chi connectivity index (χ2n) is 10.4. The molecule has 42 heavy (non-hydrogen) atoms. The van der Waals surface area contributed by atoms with Crippen LogP contribution in [0.3, 0.4) is 0 Å². The van der Waals surface area contributed by atoms with E-state index in [0.29, 0.717) is 30.1 Å². The van der Waals surface area contributed by atoms with E-state index in [1.54, 1.807) is 53.0 Å². The molecule has 4 amide bonds. The average molecular weight is 567 g/mol. The highest BCUT2D eigenvalue weighted by Gasteiger charge is 2.37. The molecule has 11 heteroatoms. The molecule has 0 spiro atoms. The Balaban J connectivity index is 1.09. The second-order valence-corrected chi connectivity index (χ2v) is 10.4. The number of likely N-dealkylation sites (N-methyl/N-ethyl adjacent to an activating group) is 1. The van der Waals surface area contributed by atoms with Gasteiger partial charge < -0.3 is 29.7 Å². The summed E-state index contributed by atoms with van der Waals surface area (Å²) in [7, 11) is 1.55. The number of carbonyl (C=O) groups excluding carboxylic acids is 4. The molecule has 4 heterocycles. The standard InChI is InChI=1S/C31H30N6O5/c1-32-30(40)27(20-7-8-20)35-29(39)25-11-10-24(42-25)21-6-4-5-19(15-21)16-33-28(38)23-18-37-17-22(9-12-26(37)34-23)31(41)36-13-2-3-14-36/h2-6,9-12,15,17-18,20,27H,7-8,13-14,16H2,1H3,(H,32,40)(H,33,38)(H,35,39)/t27-/m0/s1. The molecule has 4 aromatic rings. The summed E-state index contributed by atoms with van der Waals surface area (Å²) in [6, 6.07) is 13.6. The summed E-state index contributed by atoms with van der Waals surface area (Å²) >= 11 is 0.